The van der Waals surface area contributed by atoms with E-state index in [4.69, 9.17) is 14.6 Å². The van der Waals surface area contributed by atoms with E-state index in [0.29, 0.717) is 5.92 Å². The Labute approximate surface area is 124 Å². The molecule has 0 amide bonds. The van der Waals surface area contributed by atoms with Crippen LogP contribution >= 0.6 is 0 Å². The molecular weight excluding hydrogens is 266 g/mol. The summed E-state index contributed by atoms with van der Waals surface area (Å²) < 4.78 is 13.6. The second-order valence-corrected chi connectivity index (χ2v) is 6.88. The standard InChI is InChI=1S/C16H21N3O2/c1-15-5-6-16(20-7-8-21-16)9-11(15)3-4-12-13(10-17)19(2)18-14(12)15/h11H,3-9H2,1-2H3/t11?,15-/m0/s1. The van der Waals surface area contributed by atoms with Crippen molar-refractivity contribution in [1.29, 1.82) is 5.26 Å². The zero-order valence-corrected chi connectivity index (χ0v) is 12.7. The van der Waals surface area contributed by atoms with Crippen LogP contribution < -0.4 is 0 Å². The SMILES string of the molecule is Cn1nc2c(c1C#N)CCC1CC3(CC[C@]21C)OCCO3. The van der Waals surface area contributed by atoms with Crippen molar-refractivity contribution < 1.29 is 9.47 Å². The molecule has 2 atom stereocenters. The second kappa shape index (κ2) is 4.31. The minimum atomic E-state index is -0.339. The molecule has 5 heteroatoms. The van der Waals surface area contributed by atoms with Crippen LogP contribution in [-0.2, 0) is 28.4 Å². The van der Waals surface area contributed by atoms with Gasteiger partial charge in [-0.05, 0) is 25.2 Å². The van der Waals surface area contributed by atoms with Gasteiger partial charge in [-0.3, -0.25) is 4.68 Å². The molecule has 21 heavy (non-hydrogen) atoms. The third kappa shape index (κ3) is 1.72. The predicted octanol–water partition coefficient (Wildman–Crippen LogP) is 2.04. The zero-order valence-electron chi connectivity index (χ0n) is 12.7. The molecule has 112 valence electrons. The van der Waals surface area contributed by atoms with Gasteiger partial charge >= 0.3 is 0 Å². The van der Waals surface area contributed by atoms with Gasteiger partial charge in [-0.2, -0.15) is 10.4 Å². The lowest BCUT2D eigenvalue weighted by Crippen LogP contribution is -2.49. The van der Waals surface area contributed by atoms with E-state index in [0.717, 1.165) is 56.7 Å². The Morgan fingerprint density at radius 2 is 2.10 bits per heavy atom. The Morgan fingerprint density at radius 3 is 2.81 bits per heavy atom. The predicted molar refractivity (Wildman–Crippen MR) is 75.6 cm³/mol. The zero-order chi connectivity index (χ0) is 14.7. The second-order valence-electron chi connectivity index (χ2n) is 6.88. The van der Waals surface area contributed by atoms with E-state index in [1.165, 1.54) is 5.56 Å². The van der Waals surface area contributed by atoms with Gasteiger partial charge < -0.3 is 9.47 Å². The summed E-state index contributed by atoms with van der Waals surface area (Å²) in [4.78, 5) is 0. The number of hydrogen-bond acceptors (Lipinski definition) is 4. The first-order chi connectivity index (χ1) is 10.1. The maximum atomic E-state index is 9.36. The van der Waals surface area contributed by atoms with Crippen molar-refractivity contribution in [3.8, 4) is 6.07 Å². The van der Waals surface area contributed by atoms with E-state index < -0.39 is 0 Å². The fourth-order valence-electron chi connectivity index (χ4n) is 4.57. The van der Waals surface area contributed by atoms with E-state index in [1.54, 1.807) is 4.68 Å². The molecular formula is C16H21N3O2. The van der Waals surface area contributed by atoms with Gasteiger partial charge in [-0.15, -0.1) is 0 Å². The van der Waals surface area contributed by atoms with Crippen LogP contribution in [0.25, 0.3) is 0 Å². The van der Waals surface area contributed by atoms with Crippen LogP contribution in [0.2, 0.25) is 0 Å². The van der Waals surface area contributed by atoms with Crippen LogP contribution in [0.5, 0.6) is 0 Å². The monoisotopic (exact) mass is 287 g/mol. The molecule has 0 bridgehead atoms. The lowest BCUT2D eigenvalue weighted by atomic mass is 9.59. The summed E-state index contributed by atoms with van der Waals surface area (Å²) in [6, 6.07) is 2.32. The summed E-state index contributed by atoms with van der Waals surface area (Å²) >= 11 is 0. The normalized spacial score (nSPS) is 33.5. The highest BCUT2D eigenvalue weighted by molar-refractivity contribution is 5.42. The number of hydrogen-bond donors (Lipinski definition) is 0. The van der Waals surface area contributed by atoms with E-state index in [9.17, 15) is 5.26 Å². The molecule has 1 unspecified atom stereocenters. The number of nitrogens with zero attached hydrogens (tertiary/aromatic N) is 3. The Morgan fingerprint density at radius 1 is 1.33 bits per heavy atom. The summed E-state index contributed by atoms with van der Waals surface area (Å²) in [6.45, 7) is 3.75. The van der Waals surface area contributed by atoms with Crippen LogP contribution in [0.3, 0.4) is 0 Å². The van der Waals surface area contributed by atoms with Gasteiger partial charge in [0.25, 0.3) is 0 Å². The van der Waals surface area contributed by atoms with Gasteiger partial charge in [0.2, 0.25) is 0 Å². The van der Waals surface area contributed by atoms with Gasteiger partial charge in [0, 0.05) is 30.9 Å². The Balaban J connectivity index is 1.73. The van der Waals surface area contributed by atoms with Gasteiger partial charge in [0.1, 0.15) is 11.8 Å². The largest absolute Gasteiger partial charge is 0.348 e. The quantitative estimate of drug-likeness (QED) is 0.732. The van der Waals surface area contributed by atoms with Crippen LogP contribution in [0, 0.1) is 17.2 Å². The van der Waals surface area contributed by atoms with Crippen molar-refractivity contribution in [2.45, 2.75) is 50.2 Å². The van der Waals surface area contributed by atoms with Crippen LogP contribution in [-0.4, -0.2) is 28.8 Å². The number of fused-ring (bicyclic) bond motifs is 3. The van der Waals surface area contributed by atoms with E-state index >= 15 is 0 Å². The highest BCUT2D eigenvalue weighted by Gasteiger charge is 2.53. The molecule has 0 N–H and O–H groups in total. The highest BCUT2D eigenvalue weighted by Crippen LogP contribution is 2.54. The van der Waals surface area contributed by atoms with Gasteiger partial charge in [0.05, 0.1) is 18.9 Å². The summed E-state index contributed by atoms with van der Waals surface area (Å²) in [6.07, 6.45) is 4.95. The Bertz CT molecular complexity index is 624. The molecule has 4 rings (SSSR count). The maximum absolute atomic E-state index is 9.36. The minimum absolute atomic E-state index is 0.0566. The third-order valence-corrected chi connectivity index (χ3v) is 5.83. The first-order valence-corrected chi connectivity index (χ1v) is 7.82. The summed E-state index contributed by atoms with van der Waals surface area (Å²) in [7, 11) is 1.88. The van der Waals surface area contributed by atoms with Crippen LogP contribution in [0.15, 0.2) is 0 Å². The molecule has 1 spiro atoms. The average molecular weight is 287 g/mol. The van der Waals surface area contributed by atoms with Crippen molar-refractivity contribution in [3.05, 3.63) is 17.0 Å². The smallest absolute Gasteiger partial charge is 0.168 e. The lowest BCUT2D eigenvalue weighted by Gasteiger charge is -2.49. The topological polar surface area (TPSA) is 60.1 Å². The van der Waals surface area contributed by atoms with Crippen molar-refractivity contribution in [2.75, 3.05) is 13.2 Å². The first-order valence-electron chi connectivity index (χ1n) is 7.82. The number of aryl methyl sites for hydroxylation is 1. The van der Waals surface area contributed by atoms with Gasteiger partial charge in [-0.25, -0.2) is 0 Å². The molecule has 1 aromatic rings. The number of rotatable bonds is 0. The van der Waals surface area contributed by atoms with E-state index in [-0.39, 0.29) is 11.2 Å². The number of nitriles is 1. The molecule has 3 aliphatic rings. The molecule has 1 aromatic heterocycles. The van der Waals surface area contributed by atoms with Crippen LogP contribution in [0.1, 0.15) is 49.6 Å². The summed E-state index contributed by atoms with van der Waals surface area (Å²) in [5, 5.41) is 14.1. The van der Waals surface area contributed by atoms with Crippen LogP contribution in [0.4, 0.5) is 0 Å². The van der Waals surface area contributed by atoms with E-state index in [1.807, 2.05) is 7.05 Å². The fourth-order valence-corrected chi connectivity index (χ4v) is 4.57. The lowest BCUT2D eigenvalue weighted by molar-refractivity contribution is -0.199. The molecule has 2 aliphatic carbocycles. The summed E-state index contributed by atoms with van der Waals surface area (Å²) in [5.74, 6) is 0.187. The Kier molecular flexibility index (Phi) is 2.73. The molecule has 5 nitrogen and oxygen atoms in total. The molecule has 2 fully saturated rings. The first kappa shape index (κ1) is 13.3. The highest BCUT2D eigenvalue weighted by atomic mass is 16.7. The number of aromatic nitrogens is 2. The summed E-state index contributed by atoms with van der Waals surface area (Å²) in [5.41, 5.74) is 3.10. The average Bonchev–Trinajstić information content (AvgIpc) is 3.05. The molecule has 0 radical (unpaired) electrons. The molecule has 0 aromatic carbocycles. The molecule has 1 saturated carbocycles. The molecule has 2 heterocycles. The van der Waals surface area contributed by atoms with E-state index in [2.05, 4.69) is 13.0 Å². The van der Waals surface area contributed by atoms with Gasteiger partial charge in [0.15, 0.2) is 5.79 Å². The van der Waals surface area contributed by atoms with Gasteiger partial charge in [-0.1, -0.05) is 6.92 Å². The molecule has 1 saturated heterocycles. The van der Waals surface area contributed by atoms with Crippen molar-refractivity contribution >= 4 is 0 Å². The maximum Gasteiger partial charge on any atom is 0.168 e. The minimum Gasteiger partial charge on any atom is -0.348 e. The van der Waals surface area contributed by atoms with Crippen molar-refractivity contribution in [3.63, 3.8) is 0 Å². The molecule has 1 aliphatic heterocycles. The van der Waals surface area contributed by atoms with Crippen molar-refractivity contribution in [2.24, 2.45) is 13.0 Å². The third-order valence-electron chi connectivity index (χ3n) is 5.83. The Hall–Kier alpha value is -1.38. The number of ether oxygens (including phenoxy) is 2. The van der Waals surface area contributed by atoms with Crippen molar-refractivity contribution in [1.82, 2.24) is 9.78 Å². The fraction of sp³-hybridized carbons (Fsp3) is 0.750.